The highest BCUT2D eigenvalue weighted by atomic mass is 16.6. The van der Waals surface area contributed by atoms with Gasteiger partial charge in [0.05, 0.1) is 10.5 Å². The number of H-pyrrole nitrogens is 1. The molecule has 0 aliphatic rings. The van der Waals surface area contributed by atoms with Gasteiger partial charge in [-0.1, -0.05) is 12.1 Å². The summed E-state index contributed by atoms with van der Waals surface area (Å²) in [6.45, 7) is 1.97. The molecule has 0 unspecified atom stereocenters. The summed E-state index contributed by atoms with van der Waals surface area (Å²) in [5.41, 5.74) is 3.06. The van der Waals surface area contributed by atoms with Gasteiger partial charge in [-0.2, -0.15) is 0 Å². The first-order valence-corrected chi connectivity index (χ1v) is 7.35. The summed E-state index contributed by atoms with van der Waals surface area (Å²) in [7, 11) is 0. The second-order valence-corrected chi connectivity index (χ2v) is 5.39. The number of para-hydroxylation sites is 1. The lowest BCUT2D eigenvalue weighted by atomic mass is 10.1. The van der Waals surface area contributed by atoms with E-state index in [1.54, 1.807) is 24.3 Å². The van der Waals surface area contributed by atoms with Gasteiger partial charge in [-0.25, -0.2) is 0 Å². The minimum atomic E-state index is -0.472. The second-order valence-electron chi connectivity index (χ2n) is 5.39. The van der Waals surface area contributed by atoms with Gasteiger partial charge in [0.1, 0.15) is 0 Å². The van der Waals surface area contributed by atoms with Gasteiger partial charge in [0, 0.05) is 34.4 Å². The highest BCUT2D eigenvalue weighted by Gasteiger charge is 2.09. The molecular formula is C18H15N3O3. The van der Waals surface area contributed by atoms with E-state index >= 15 is 0 Å². The molecule has 3 rings (SSSR count). The standard InChI is InChI=1S/C18H15N3O3/c1-12-10-14-11-15(7-8-16(14)19-12)20-18(22)9-6-13-4-2-3-5-17(13)21(23)24/h2-11,19H,1H3,(H,20,22)/b9-6+. The maximum Gasteiger partial charge on any atom is 0.276 e. The summed E-state index contributed by atoms with van der Waals surface area (Å²) in [6.07, 6.45) is 2.72. The molecule has 6 heteroatoms. The molecule has 0 bridgehead atoms. The molecule has 0 fully saturated rings. The molecule has 0 saturated carbocycles. The van der Waals surface area contributed by atoms with Crippen molar-refractivity contribution in [3.05, 3.63) is 76.0 Å². The molecule has 1 amide bonds. The Hall–Kier alpha value is -3.41. The number of benzene rings is 2. The number of hydrogen-bond acceptors (Lipinski definition) is 3. The Kier molecular flexibility index (Phi) is 4.11. The van der Waals surface area contributed by atoms with Crippen LogP contribution in [0.4, 0.5) is 11.4 Å². The topological polar surface area (TPSA) is 88.0 Å². The second kappa shape index (κ2) is 6.37. The minimum Gasteiger partial charge on any atom is -0.359 e. The molecule has 120 valence electrons. The van der Waals surface area contributed by atoms with Crippen LogP contribution in [0.25, 0.3) is 17.0 Å². The summed E-state index contributed by atoms with van der Waals surface area (Å²) in [5, 5.41) is 14.7. The number of aromatic nitrogens is 1. The Balaban J connectivity index is 1.76. The van der Waals surface area contributed by atoms with Crippen molar-refractivity contribution in [3.63, 3.8) is 0 Å². The third-order valence-electron chi connectivity index (χ3n) is 3.57. The van der Waals surface area contributed by atoms with E-state index < -0.39 is 4.92 Å². The van der Waals surface area contributed by atoms with E-state index in [-0.39, 0.29) is 11.6 Å². The van der Waals surface area contributed by atoms with Crippen LogP contribution in [-0.4, -0.2) is 15.8 Å². The minimum absolute atomic E-state index is 0.0363. The van der Waals surface area contributed by atoms with Crippen molar-refractivity contribution in [1.29, 1.82) is 0 Å². The van der Waals surface area contributed by atoms with Crippen LogP contribution in [0.2, 0.25) is 0 Å². The van der Waals surface area contributed by atoms with E-state index in [2.05, 4.69) is 10.3 Å². The molecule has 2 N–H and O–H groups in total. The number of carbonyl (C=O) groups excluding carboxylic acids is 1. The lowest BCUT2D eigenvalue weighted by Crippen LogP contribution is -2.07. The van der Waals surface area contributed by atoms with Crippen molar-refractivity contribution in [3.8, 4) is 0 Å². The summed E-state index contributed by atoms with van der Waals surface area (Å²) < 4.78 is 0. The van der Waals surface area contributed by atoms with E-state index in [1.807, 2.05) is 25.1 Å². The van der Waals surface area contributed by atoms with Crippen LogP contribution in [0.1, 0.15) is 11.3 Å². The number of carbonyl (C=O) groups is 1. The number of nitrogens with zero attached hydrogens (tertiary/aromatic N) is 1. The smallest absolute Gasteiger partial charge is 0.276 e. The van der Waals surface area contributed by atoms with Gasteiger partial charge in [-0.05, 0) is 43.3 Å². The molecule has 3 aromatic rings. The van der Waals surface area contributed by atoms with Crippen LogP contribution in [-0.2, 0) is 4.79 Å². The van der Waals surface area contributed by atoms with Crippen LogP contribution in [0, 0.1) is 17.0 Å². The maximum absolute atomic E-state index is 12.0. The zero-order valence-electron chi connectivity index (χ0n) is 12.9. The van der Waals surface area contributed by atoms with Crippen LogP contribution >= 0.6 is 0 Å². The molecule has 1 aromatic heterocycles. The van der Waals surface area contributed by atoms with Crippen molar-refractivity contribution in [2.75, 3.05) is 5.32 Å². The fourth-order valence-corrected chi connectivity index (χ4v) is 2.50. The van der Waals surface area contributed by atoms with Gasteiger partial charge in [-0.3, -0.25) is 14.9 Å². The van der Waals surface area contributed by atoms with Crippen LogP contribution in [0.3, 0.4) is 0 Å². The predicted molar refractivity (Wildman–Crippen MR) is 93.8 cm³/mol. The largest absolute Gasteiger partial charge is 0.359 e. The van der Waals surface area contributed by atoms with Gasteiger partial charge in [-0.15, -0.1) is 0 Å². The van der Waals surface area contributed by atoms with E-state index in [1.165, 1.54) is 18.2 Å². The highest BCUT2D eigenvalue weighted by Crippen LogP contribution is 2.21. The molecule has 24 heavy (non-hydrogen) atoms. The normalized spacial score (nSPS) is 11.0. The molecule has 1 heterocycles. The van der Waals surface area contributed by atoms with E-state index in [0.717, 1.165) is 16.6 Å². The summed E-state index contributed by atoms with van der Waals surface area (Å²) in [5.74, 6) is -0.347. The van der Waals surface area contributed by atoms with Gasteiger partial charge >= 0.3 is 0 Å². The first kappa shape index (κ1) is 15.5. The maximum atomic E-state index is 12.0. The first-order valence-electron chi connectivity index (χ1n) is 7.35. The van der Waals surface area contributed by atoms with Crippen molar-refractivity contribution < 1.29 is 9.72 Å². The SMILES string of the molecule is Cc1cc2cc(NC(=O)/C=C/c3ccccc3[N+](=O)[O-])ccc2[nH]1. The number of hydrogen-bond donors (Lipinski definition) is 2. The third kappa shape index (κ3) is 3.33. The monoisotopic (exact) mass is 321 g/mol. The lowest BCUT2D eigenvalue weighted by Gasteiger charge is -2.02. The predicted octanol–water partition coefficient (Wildman–Crippen LogP) is 4.04. The van der Waals surface area contributed by atoms with Gasteiger partial charge < -0.3 is 10.3 Å². The van der Waals surface area contributed by atoms with Crippen LogP contribution < -0.4 is 5.32 Å². The van der Waals surface area contributed by atoms with Gasteiger partial charge in [0.15, 0.2) is 0 Å². The fraction of sp³-hybridized carbons (Fsp3) is 0.0556. The summed E-state index contributed by atoms with van der Waals surface area (Å²) in [6, 6.07) is 13.8. The summed E-state index contributed by atoms with van der Waals surface area (Å²) >= 11 is 0. The number of rotatable bonds is 4. The Morgan fingerprint density at radius 2 is 2.00 bits per heavy atom. The molecule has 0 aliphatic heterocycles. The molecule has 6 nitrogen and oxygen atoms in total. The Labute approximate surface area is 138 Å². The van der Waals surface area contributed by atoms with E-state index in [9.17, 15) is 14.9 Å². The Morgan fingerprint density at radius 1 is 1.21 bits per heavy atom. The number of aryl methyl sites for hydroxylation is 1. The lowest BCUT2D eigenvalue weighted by molar-refractivity contribution is -0.385. The average molecular weight is 321 g/mol. The Morgan fingerprint density at radius 3 is 2.79 bits per heavy atom. The zero-order chi connectivity index (χ0) is 17.1. The number of amides is 1. The van der Waals surface area contributed by atoms with Gasteiger partial charge in [0.2, 0.25) is 5.91 Å². The van der Waals surface area contributed by atoms with Crippen molar-refractivity contribution in [2.24, 2.45) is 0 Å². The zero-order valence-corrected chi connectivity index (χ0v) is 12.9. The van der Waals surface area contributed by atoms with Crippen molar-refractivity contribution >= 4 is 34.3 Å². The van der Waals surface area contributed by atoms with Crippen LogP contribution in [0.5, 0.6) is 0 Å². The quantitative estimate of drug-likeness (QED) is 0.432. The number of anilines is 1. The van der Waals surface area contributed by atoms with Crippen molar-refractivity contribution in [2.45, 2.75) is 6.92 Å². The molecule has 2 aromatic carbocycles. The first-order chi connectivity index (χ1) is 11.5. The van der Waals surface area contributed by atoms with E-state index in [0.29, 0.717) is 11.3 Å². The average Bonchev–Trinajstić information content (AvgIpc) is 2.92. The highest BCUT2D eigenvalue weighted by molar-refractivity contribution is 6.03. The van der Waals surface area contributed by atoms with Crippen LogP contribution in [0.15, 0.2) is 54.6 Å². The Bertz CT molecular complexity index is 957. The molecule has 0 aliphatic carbocycles. The third-order valence-corrected chi connectivity index (χ3v) is 3.57. The number of aromatic amines is 1. The number of nitro benzene ring substituents is 1. The molecule has 0 radical (unpaired) electrons. The number of nitro groups is 1. The number of fused-ring (bicyclic) bond motifs is 1. The fourth-order valence-electron chi connectivity index (χ4n) is 2.50. The molecular weight excluding hydrogens is 306 g/mol. The van der Waals surface area contributed by atoms with E-state index in [4.69, 9.17) is 0 Å². The summed E-state index contributed by atoms with van der Waals surface area (Å²) in [4.78, 5) is 25.7. The molecule has 0 spiro atoms. The van der Waals surface area contributed by atoms with Gasteiger partial charge in [0.25, 0.3) is 5.69 Å². The molecule has 0 atom stereocenters. The number of nitrogens with one attached hydrogen (secondary N) is 2. The molecule has 0 saturated heterocycles. The van der Waals surface area contributed by atoms with Crippen molar-refractivity contribution in [1.82, 2.24) is 4.98 Å².